The first-order chi connectivity index (χ1) is 15.6. The van der Waals surface area contributed by atoms with E-state index in [1.54, 1.807) is 24.3 Å². The predicted octanol–water partition coefficient (Wildman–Crippen LogP) is 6.88. The Balaban J connectivity index is 1.59. The van der Waals surface area contributed by atoms with E-state index in [0.29, 0.717) is 17.7 Å². The summed E-state index contributed by atoms with van der Waals surface area (Å²) in [6.45, 7) is 4.53. The molecular weight excluding hydrogens is 399 g/mol. The third kappa shape index (κ3) is 4.48. The van der Waals surface area contributed by atoms with E-state index in [4.69, 9.17) is 4.74 Å². The van der Waals surface area contributed by atoms with Gasteiger partial charge in [-0.2, -0.15) is 5.26 Å². The summed E-state index contributed by atoms with van der Waals surface area (Å²) in [5, 5.41) is 9.61. The highest BCUT2D eigenvalue weighted by molar-refractivity contribution is 5.90. The smallest absolute Gasteiger partial charge is 0.131 e. The molecule has 4 heteroatoms. The number of ether oxygens (including phenoxy) is 1. The van der Waals surface area contributed by atoms with E-state index in [0.717, 1.165) is 34.0 Å². The lowest BCUT2D eigenvalue weighted by Gasteiger charge is -2.11. The zero-order valence-corrected chi connectivity index (χ0v) is 18.0. The topological polar surface area (TPSA) is 38.0 Å². The van der Waals surface area contributed by atoms with Gasteiger partial charge in [0.05, 0.1) is 11.6 Å². The van der Waals surface area contributed by atoms with Gasteiger partial charge in [0.15, 0.2) is 0 Å². The Kier molecular flexibility index (Phi) is 6.19. The van der Waals surface area contributed by atoms with Crippen LogP contribution in [0.1, 0.15) is 28.1 Å². The number of aromatic nitrogens is 1. The Morgan fingerprint density at radius 3 is 2.34 bits per heavy atom. The number of nitrogens with zero attached hydrogens (tertiary/aromatic N) is 2. The number of hydrogen-bond acceptors (Lipinski definition) is 2. The van der Waals surface area contributed by atoms with Crippen molar-refractivity contribution in [1.29, 1.82) is 5.26 Å². The Bertz CT molecular complexity index is 1300. The molecule has 0 bridgehead atoms. The lowest BCUT2D eigenvalue weighted by atomic mass is 10.0. The number of hydrogen-bond donors (Lipinski definition) is 0. The van der Waals surface area contributed by atoms with Crippen LogP contribution in [0.5, 0.6) is 5.75 Å². The lowest BCUT2D eigenvalue weighted by Crippen LogP contribution is -2.00. The highest BCUT2D eigenvalue weighted by atomic mass is 19.1. The molecule has 4 aromatic rings. The van der Waals surface area contributed by atoms with Crippen LogP contribution in [0.15, 0.2) is 84.9 Å². The van der Waals surface area contributed by atoms with Gasteiger partial charge in [-0.15, -0.1) is 0 Å². The van der Waals surface area contributed by atoms with E-state index in [9.17, 15) is 9.65 Å². The molecule has 158 valence electrons. The molecule has 3 nitrogen and oxygen atoms in total. The average molecular weight is 423 g/mol. The third-order valence-electron chi connectivity index (χ3n) is 5.40. The zero-order valence-electron chi connectivity index (χ0n) is 18.0. The van der Waals surface area contributed by atoms with Crippen molar-refractivity contribution in [3.8, 4) is 17.5 Å². The highest BCUT2D eigenvalue weighted by Gasteiger charge is 2.13. The molecule has 0 spiro atoms. The van der Waals surface area contributed by atoms with Crippen LogP contribution in [-0.2, 0) is 6.61 Å². The molecule has 0 aliphatic rings. The summed E-state index contributed by atoms with van der Waals surface area (Å²) in [5.74, 6) is 0.395. The SMILES string of the molecule is Cc1cc(/C=C(/C#N)c2ccccc2F)c(C)n1-c1ccc(OCc2ccccc2)cc1. The molecule has 0 amide bonds. The number of rotatable bonds is 6. The molecular formula is C28H23FN2O. The quantitative estimate of drug-likeness (QED) is 0.318. The standard InChI is InChI=1S/C28H23FN2O/c1-20-16-23(17-24(18-30)27-10-6-7-11-28(27)29)21(2)31(20)25-12-14-26(15-13-25)32-19-22-8-4-3-5-9-22/h3-17H,19H2,1-2H3/b24-17-. The van der Waals surface area contributed by atoms with Crippen LogP contribution in [0.2, 0.25) is 0 Å². The maximum Gasteiger partial charge on any atom is 0.131 e. The van der Waals surface area contributed by atoms with E-state index in [-0.39, 0.29) is 0 Å². The Morgan fingerprint density at radius 1 is 0.969 bits per heavy atom. The Hall–Kier alpha value is -4.10. The monoisotopic (exact) mass is 422 g/mol. The number of benzene rings is 3. The van der Waals surface area contributed by atoms with Crippen molar-refractivity contribution in [2.75, 3.05) is 0 Å². The number of allylic oxidation sites excluding steroid dienone is 1. The predicted molar refractivity (Wildman–Crippen MR) is 126 cm³/mol. The van der Waals surface area contributed by atoms with Crippen molar-refractivity contribution in [2.45, 2.75) is 20.5 Å². The fourth-order valence-corrected chi connectivity index (χ4v) is 3.77. The van der Waals surface area contributed by atoms with Gasteiger partial charge in [0, 0.05) is 22.6 Å². The minimum absolute atomic E-state index is 0.299. The first-order valence-electron chi connectivity index (χ1n) is 10.4. The molecule has 0 N–H and O–H groups in total. The van der Waals surface area contributed by atoms with Gasteiger partial charge in [0.1, 0.15) is 18.2 Å². The van der Waals surface area contributed by atoms with Crippen molar-refractivity contribution in [2.24, 2.45) is 0 Å². The Morgan fingerprint density at radius 2 is 1.66 bits per heavy atom. The second kappa shape index (κ2) is 9.36. The van der Waals surface area contributed by atoms with E-state index in [1.165, 1.54) is 6.07 Å². The van der Waals surface area contributed by atoms with Gasteiger partial charge in [0.25, 0.3) is 0 Å². The number of aryl methyl sites for hydroxylation is 1. The van der Waals surface area contributed by atoms with Gasteiger partial charge in [-0.25, -0.2) is 4.39 Å². The van der Waals surface area contributed by atoms with Gasteiger partial charge < -0.3 is 9.30 Å². The molecule has 0 fully saturated rings. The van der Waals surface area contributed by atoms with E-state index in [2.05, 4.69) is 10.6 Å². The van der Waals surface area contributed by atoms with Crippen molar-refractivity contribution < 1.29 is 9.13 Å². The van der Waals surface area contributed by atoms with E-state index < -0.39 is 5.82 Å². The van der Waals surface area contributed by atoms with E-state index in [1.807, 2.05) is 74.5 Å². The summed E-state index contributed by atoms with van der Waals surface area (Å²) in [5.41, 5.74) is 5.60. The molecule has 3 aromatic carbocycles. The van der Waals surface area contributed by atoms with Crippen molar-refractivity contribution in [3.05, 3.63) is 119 Å². The van der Waals surface area contributed by atoms with Crippen LogP contribution in [-0.4, -0.2) is 4.57 Å². The molecule has 0 atom stereocenters. The van der Waals surface area contributed by atoms with Gasteiger partial charge in [-0.3, -0.25) is 0 Å². The fraction of sp³-hybridized carbons (Fsp3) is 0.107. The largest absolute Gasteiger partial charge is 0.489 e. The van der Waals surface area contributed by atoms with Crippen LogP contribution in [0, 0.1) is 31.0 Å². The molecule has 4 rings (SSSR count). The fourth-order valence-electron chi connectivity index (χ4n) is 3.77. The zero-order chi connectivity index (χ0) is 22.5. The maximum absolute atomic E-state index is 14.2. The molecule has 0 aliphatic carbocycles. The first kappa shape index (κ1) is 21.1. The molecule has 0 radical (unpaired) electrons. The number of nitriles is 1. The Labute approximate surface area is 187 Å². The molecule has 0 aliphatic heterocycles. The average Bonchev–Trinajstić information content (AvgIpc) is 3.10. The minimum atomic E-state index is -0.403. The summed E-state index contributed by atoms with van der Waals surface area (Å²) < 4.78 is 22.2. The van der Waals surface area contributed by atoms with Crippen molar-refractivity contribution in [1.82, 2.24) is 4.57 Å². The van der Waals surface area contributed by atoms with Crippen LogP contribution < -0.4 is 4.74 Å². The van der Waals surface area contributed by atoms with Crippen LogP contribution in [0.3, 0.4) is 0 Å². The molecule has 32 heavy (non-hydrogen) atoms. The summed E-state index contributed by atoms with van der Waals surface area (Å²) in [6.07, 6.45) is 1.74. The maximum atomic E-state index is 14.2. The first-order valence-corrected chi connectivity index (χ1v) is 10.4. The van der Waals surface area contributed by atoms with Crippen molar-refractivity contribution >= 4 is 11.6 Å². The molecule has 0 unspecified atom stereocenters. The lowest BCUT2D eigenvalue weighted by molar-refractivity contribution is 0.306. The normalized spacial score (nSPS) is 11.2. The third-order valence-corrected chi connectivity index (χ3v) is 5.40. The second-order valence-electron chi connectivity index (χ2n) is 7.58. The molecule has 1 aromatic heterocycles. The van der Waals surface area contributed by atoms with Gasteiger partial charge in [-0.05, 0) is 67.4 Å². The summed E-state index contributed by atoms with van der Waals surface area (Å²) in [4.78, 5) is 0. The summed E-state index contributed by atoms with van der Waals surface area (Å²) in [6, 6.07) is 28.4. The molecule has 1 heterocycles. The van der Waals surface area contributed by atoms with Crippen LogP contribution in [0.25, 0.3) is 17.3 Å². The summed E-state index contributed by atoms with van der Waals surface area (Å²) in [7, 11) is 0. The molecule has 0 saturated carbocycles. The second-order valence-corrected chi connectivity index (χ2v) is 7.58. The highest BCUT2D eigenvalue weighted by Crippen LogP contribution is 2.27. The van der Waals surface area contributed by atoms with Crippen molar-refractivity contribution in [3.63, 3.8) is 0 Å². The molecule has 0 saturated heterocycles. The summed E-state index contributed by atoms with van der Waals surface area (Å²) >= 11 is 0. The van der Waals surface area contributed by atoms with Gasteiger partial charge >= 0.3 is 0 Å². The van der Waals surface area contributed by atoms with Gasteiger partial charge in [-0.1, -0.05) is 48.5 Å². The minimum Gasteiger partial charge on any atom is -0.489 e. The van der Waals surface area contributed by atoms with E-state index >= 15 is 0 Å². The van der Waals surface area contributed by atoms with Gasteiger partial charge in [0.2, 0.25) is 0 Å². The van der Waals surface area contributed by atoms with Crippen LogP contribution in [0.4, 0.5) is 4.39 Å². The van der Waals surface area contributed by atoms with Crippen LogP contribution >= 0.6 is 0 Å². The number of halogens is 1.